The van der Waals surface area contributed by atoms with Crippen LogP contribution in [0.25, 0.3) is 0 Å². The van der Waals surface area contributed by atoms with Gasteiger partial charge < -0.3 is 45.0 Å². The summed E-state index contributed by atoms with van der Waals surface area (Å²) in [5.41, 5.74) is 0. The van der Waals surface area contributed by atoms with Crippen molar-refractivity contribution in [3.05, 3.63) is 12.2 Å². The summed E-state index contributed by atoms with van der Waals surface area (Å²) >= 11 is 1.90. The second-order valence-electron chi connectivity index (χ2n) is 10.6. The topological polar surface area (TPSA) is 145 Å². The van der Waals surface area contributed by atoms with Gasteiger partial charge >= 0.3 is 12.1 Å². The zero-order chi connectivity index (χ0) is 29.7. The van der Waals surface area contributed by atoms with Gasteiger partial charge in [-0.2, -0.15) is 11.8 Å². The number of allylic oxidation sites excluding steroid dienone is 2. The number of rotatable bonds is 21. The van der Waals surface area contributed by atoms with Crippen molar-refractivity contribution in [3.63, 3.8) is 0 Å². The number of amides is 4. The molecule has 240 valence electrons. The van der Waals surface area contributed by atoms with E-state index in [1.807, 2.05) is 11.8 Å². The van der Waals surface area contributed by atoms with Crippen molar-refractivity contribution in [3.8, 4) is 0 Å². The van der Waals surface area contributed by atoms with Gasteiger partial charge in [-0.25, -0.2) is 9.59 Å². The standard InChI is InChI=1S/C29H50N4O8S/c34-26(11-7-6-10-25-27-24(22-42-25)32-28(35)33-27)30-12-14-37-16-18-39-20-21-40-19-17-38-15-13-31-29(36)41-23-8-4-2-1-3-5-9-23/h1-2,23-25,27H,3-22H2,(H,30,34)(H,31,36)(H2,32,33,35)/t23?,24-,25-,27-/m0/s1. The van der Waals surface area contributed by atoms with Gasteiger partial charge in [0.05, 0.1) is 64.9 Å². The second kappa shape index (κ2) is 21.6. The number of alkyl carbamates (subject to hydrolysis) is 1. The van der Waals surface area contributed by atoms with Crippen molar-refractivity contribution < 1.29 is 38.1 Å². The zero-order valence-electron chi connectivity index (χ0n) is 24.8. The number of urea groups is 1. The average molecular weight is 615 g/mol. The third kappa shape index (κ3) is 14.9. The molecule has 2 heterocycles. The van der Waals surface area contributed by atoms with Crippen LogP contribution in [0, 0.1) is 0 Å². The van der Waals surface area contributed by atoms with Gasteiger partial charge in [-0.15, -0.1) is 0 Å². The molecule has 1 aliphatic carbocycles. The van der Waals surface area contributed by atoms with Crippen LogP contribution in [0.4, 0.5) is 9.59 Å². The molecule has 4 atom stereocenters. The van der Waals surface area contributed by atoms with Crippen LogP contribution in [0.1, 0.15) is 57.8 Å². The molecule has 3 rings (SSSR count). The van der Waals surface area contributed by atoms with Gasteiger partial charge in [0, 0.05) is 30.5 Å². The molecule has 3 aliphatic rings. The van der Waals surface area contributed by atoms with E-state index >= 15 is 0 Å². The molecular formula is C29H50N4O8S. The van der Waals surface area contributed by atoms with Gasteiger partial charge in [-0.3, -0.25) is 4.79 Å². The van der Waals surface area contributed by atoms with E-state index in [2.05, 4.69) is 33.4 Å². The molecule has 0 bridgehead atoms. The molecule has 2 saturated heterocycles. The first-order valence-corrected chi connectivity index (χ1v) is 16.5. The average Bonchev–Trinajstić information content (AvgIpc) is 3.51. The maximum Gasteiger partial charge on any atom is 0.407 e. The molecule has 12 nitrogen and oxygen atoms in total. The van der Waals surface area contributed by atoms with Crippen LogP contribution in [0.2, 0.25) is 0 Å². The van der Waals surface area contributed by atoms with Crippen molar-refractivity contribution in [2.24, 2.45) is 0 Å². The summed E-state index contributed by atoms with van der Waals surface area (Å²) in [7, 11) is 0. The van der Waals surface area contributed by atoms with Crippen molar-refractivity contribution >= 4 is 29.8 Å². The molecule has 2 aliphatic heterocycles. The Bertz CT molecular complexity index is 821. The first-order chi connectivity index (χ1) is 20.6. The van der Waals surface area contributed by atoms with Crippen LogP contribution in [0.3, 0.4) is 0 Å². The normalized spacial score (nSPS) is 23.4. The third-order valence-electron chi connectivity index (χ3n) is 7.27. The highest BCUT2D eigenvalue weighted by molar-refractivity contribution is 8.00. The summed E-state index contributed by atoms with van der Waals surface area (Å²) < 4.78 is 27.4. The van der Waals surface area contributed by atoms with Gasteiger partial charge in [0.1, 0.15) is 6.10 Å². The zero-order valence-corrected chi connectivity index (χ0v) is 25.6. The van der Waals surface area contributed by atoms with E-state index in [-0.39, 0.29) is 36.2 Å². The SMILES string of the molecule is O=C(CCCC[C@@H]1SC[C@@H]2NC(=O)N[C@@H]21)NCCOCCOCCOCCOCCNC(=O)OC1CCC=CCCC1. The number of unbranched alkanes of at least 4 members (excludes halogenated alkanes) is 1. The lowest BCUT2D eigenvalue weighted by Crippen LogP contribution is -2.36. The predicted octanol–water partition coefficient (Wildman–Crippen LogP) is 2.51. The number of ether oxygens (including phenoxy) is 5. The maximum atomic E-state index is 12.0. The van der Waals surface area contributed by atoms with Gasteiger partial charge in [-0.1, -0.05) is 18.6 Å². The minimum Gasteiger partial charge on any atom is -0.446 e. The van der Waals surface area contributed by atoms with Crippen LogP contribution in [-0.4, -0.2) is 113 Å². The van der Waals surface area contributed by atoms with Crippen molar-refractivity contribution in [1.29, 1.82) is 0 Å². The number of carbonyl (C=O) groups is 3. The summed E-state index contributed by atoms with van der Waals surface area (Å²) in [4.78, 5) is 35.3. The quantitative estimate of drug-likeness (QED) is 0.0871. The third-order valence-corrected chi connectivity index (χ3v) is 8.78. The molecule has 0 spiro atoms. The summed E-state index contributed by atoms with van der Waals surface area (Å²) in [5, 5.41) is 12.0. The molecule has 4 N–H and O–H groups in total. The molecule has 0 saturated carbocycles. The van der Waals surface area contributed by atoms with Crippen molar-refractivity contribution in [1.82, 2.24) is 21.3 Å². The monoisotopic (exact) mass is 614 g/mol. The second-order valence-corrected chi connectivity index (χ2v) is 11.9. The van der Waals surface area contributed by atoms with E-state index in [0.29, 0.717) is 77.6 Å². The summed E-state index contributed by atoms with van der Waals surface area (Å²) in [5.74, 6) is 1.00. The lowest BCUT2D eigenvalue weighted by molar-refractivity contribution is -0.121. The molecule has 13 heteroatoms. The lowest BCUT2D eigenvalue weighted by atomic mass is 10.0. The van der Waals surface area contributed by atoms with Crippen LogP contribution in [0.5, 0.6) is 0 Å². The molecule has 0 aromatic heterocycles. The van der Waals surface area contributed by atoms with E-state index in [1.165, 1.54) is 0 Å². The Hall–Kier alpha value is -2.06. The fourth-order valence-corrected chi connectivity index (χ4v) is 6.59. The number of carbonyl (C=O) groups excluding carboxylic acids is 3. The minimum absolute atomic E-state index is 0.00938. The molecule has 2 fully saturated rings. The maximum absolute atomic E-state index is 12.0. The smallest absolute Gasteiger partial charge is 0.407 e. The number of thioether (sulfide) groups is 1. The highest BCUT2D eigenvalue weighted by Crippen LogP contribution is 2.33. The Morgan fingerprint density at radius 3 is 2.24 bits per heavy atom. The lowest BCUT2D eigenvalue weighted by Gasteiger charge is -2.18. The van der Waals surface area contributed by atoms with Crippen LogP contribution < -0.4 is 21.3 Å². The van der Waals surface area contributed by atoms with Gasteiger partial charge in [0.15, 0.2) is 0 Å². The largest absolute Gasteiger partial charge is 0.446 e. The minimum atomic E-state index is -0.380. The Balaban J connectivity index is 0.989. The van der Waals surface area contributed by atoms with Gasteiger partial charge in [0.2, 0.25) is 5.91 Å². The molecular weight excluding hydrogens is 564 g/mol. The van der Waals surface area contributed by atoms with Gasteiger partial charge in [0.25, 0.3) is 0 Å². The van der Waals surface area contributed by atoms with E-state index in [1.54, 1.807) is 0 Å². The highest BCUT2D eigenvalue weighted by Gasteiger charge is 2.42. The first-order valence-electron chi connectivity index (χ1n) is 15.5. The van der Waals surface area contributed by atoms with Crippen LogP contribution in [0.15, 0.2) is 12.2 Å². The molecule has 0 radical (unpaired) electrons. The highest BCUT2D eigenvalue weighted by atomic mass is 32.2. The van der Waals surface area contributed by atoms with E-state index in [9.17, 15) is 14.4 Å². The first kappa shape index (κ1) is 34.4. The van der Waals surface area contributed by atoms with Crippen LogP contribution in [-0.2, 0) is 28.5 Å². The number of hydrogen-bond acceptors (Lipinski definition) is 9. The Morgan fingerprint density at radius 2 is 1.50 bits per heavy atom. The Labute approximate surface area is 254 Å². The molecule has 4 amide bonds. The predicted molar refractivity (Wildman–Crippen MR) is 161 cm³/mol. The molecule has 0 aromatic carbocycles. The Kier molecular flexibility index (Phi) is 17.7. The van der Waals surface area contributed by atoms with Gasteiger partial charge in [-0.05, 0) is 44.9 Å². The number of fused-ring (bicyclic) bond motifs is 1. The molecule has 0 aromatic rings. The fraction of sp³-hybridized carbons (Fsp3) is 0.828. The van der Waals surface area contributed by atoms with E-state index in [4.69, 9.17) is 23.7 Å². The van der Waals surface area contributed by atoms with Crippen LogP contribution >= 0.6 is 11.8 Å². The summed E-state index contributed by atoms with van der Waals surface area (Å²) in [6.45, 7) is 4.48. The van der Waals surface area contributed by atoms with Crippen molar-refractivity contribution in [2.75, 3.05) is 71.7 Å². The van der Waals surface area contributed by atoms with E-state index < -0.39 is 0 Å². The van der Waals surface area contributed by atoms with Crippen molar-refractivity contribution in [2.45, 2.75) is 81.2 Å². The molecule has 42 heavy (non-hydrogen) atoms. The Morgan fingerprint density at radius 1 is 0.833 bits per heavy atom. The number of hydrogen-bond donors (Lipinski definition) is 4. The fourth-order valence-electron chi connectivity index (χ4n) is 5.05. The van der Waals surface area contributed by atoms with E-state index in [0.717, 1.165) is 57.1 Å². The molecule has 1 unspecified atom stereocenters. The summed E-state index contributed by atoms with van der Waals surface area (Å²) in [6.07, 6.45) is 12.1. The summed E-state index contributed by atoms with van der Waals surface area (Å²) in [6, 6.07) is 0.413. The number of nitrogens with one attached hydrogen (secondary N) is 4.